The largest absolute Gasteiger partial charge is 0.396 e. The summed E-state index contributed by atoms with van der Waals surface area (Å²) in [4.78, 5) is 0. The highest BCUT2D eigenvalue weighted by molar-refractivity contribution is 5.24. The summed E-state index contributed by atoms with van der Waals surface area (Å²) >= 11 is 0. The Morgan fingerprint density at radius 2 is 1.89 bits per heavy atom. The highest BCUT2D eigenvalue weighted by Crippen LogP contribution is 2.49. The molecule has 19 heavy (non-hydrogen) atoms. The minimum atomic E-state index is -0.0328. The predicted octanol–water partition coefficient (Wildman–Crippen LogP) is 2.97. The van der Waals surface area contributed by atoms with Crippen molar-refractivity contribution in [3.05, 3.63) is 35.4 Å². The Hall–Kier alpha value is -0.860. The van der Waals surface area contributed by atoms with Crippen LogP contribution < -0.4 is 0 Å². The number of hydrogen-bond donors (Lipinski definition) is 1. The van der Waals surface area contributed by atoms with Crippen LogP contribution in [0.25, 0.3) is 0 Å². The highest BCUT2D eigenvalue weighted by atomic mass is 16.5. The Labute approximate surface area is 115 Å². The zero-order valence-electron chi connectivity index (χ0n) is 11.8. The van der Waals surface area contributed by atoms with Crippen molar-refractivity contribution in [2.75, 3.05) is 13.2 Å². The van der Waals surface area contributed by atoms with Crippen molar-refractivity contribution < 1.29 is 9.84 Å². The van der Waals surface area contributed by atoms with E-state index in [1.807, 2.05) is 0 Å². The smallest absolute Gasteiger partial charge is 0.0685 e. The second-order valence-electron chi connectivity index (χ2n) is 6.25. The van der Waals surface area contributed by atoms with Gasteiger partial charge in [-0.05, 0) is 49.1 Å². The van der Waals surface area contributed by atoms with Crippen LogP contribution in [-0.2, 0) is 17.6 Å². The van der Waals surface area contributed by atoms with Gasteiger partial charge < -0.3 is 9.84 Å². The zero-order chi connectivity index (χ0) is 13.3. The summed E-state index contributed by atoms with van der Waals surface area (Å²) in [6, 6.07) is 8.86. The molecule has 104 valence electrons. The van der Waals surface area contributed by atoms with Crippen LogP contribution in [0.1, 0.15) is 37.3 Å². The first-order valence-corrected chi connectivity index (χ1v) is 7.58. The summed E-state index contributed by atoms with van der Waals surface area (Å²) in [7, 11) is 0. The third kappa shape index (κ3) is 2.56. The molecule has 0 aromatic heterocycles. The van der Waals surface area contributed by atoms with E-state index in [2.05, 4.69) is 31.2 Å². The monoisotopic (exact) mass is 260 g/mol. The average Bonchev–Trinajstić information content (AvgIpc) is 3.21. The van der Waals surface area contributed by atoms with Gasteiger partial charge in [0.25, 0.3) is 0 Å². The van der Waals surface area contributed by atoms with Crippen molar-refractivity contribution in [1.82, 2.24) is 0 Å². The lowest BCUT2D eigenvalue weighted by Crippen LogP contribution is -2.38. The molecule has 0 amide bonds. The van der Waals surface area contributed by atoms with E-state index in [0.717, 1.165) is 25.9 Å². The van der Waals surface area contributed by atoms with Crippen molar-refractivity contribution in [2.45, 2.75) is 45.1 Å². The van der Waals surface area contributed by atoms with E-state index in [-0.39, 0.29) is 18.1 Å². The molecule has 3 rings (SSSR count). The third-order valence-electron chi connectivity index (χ3n) is 4.85. The van der Waals surface area contributed by atoms with Crippen molar-refractivity contribution in [3.63, 3.8) is 0 Å². The van der Waals surface area contributed by atoms with Crippen LogP contribution in [0.3, 0.4) is 0 Å². The minimum absolute atomic E-state index is 0.0328. The molecule has 2 fully saturated rings. The molecule has 0 radical (unpaired) electrons. The Morgan fingerprint density at radius 3 is 2.47 bits per heavy atom. The number of ether oxygens (including phenoxy) is 1. The van der Waals surface area contributed by atoms with Crippen LogP contribution in [0.4, 0.5) is 0 Å². The summed E-state index contributed by atoms with van der Waals surface area (Å²) in [6.07, 6.45) is 5.87. The molecule has 1 N–H and O–H groups in total. The van der Waals surface area contributed by atoms with E-state index in [9.17, 15) is 5.11 Å². The zero-order valence-corrected chi connectivity index (χ0v) is 11.8. The van der Waals surface area contributed by atoms with Gasteiger partial charge in [0.05, 0.1) is 12.7 Å². The maximum absolute atomic E-state index is 9.95. The van der Waals surface area contributed by atoms with Crippen molar-refractivity contribution in [2.24, 2.45) is 11.3 Å². The molecular weight excluding hydrogens is 236 g/mol. The molecule has 1 aromatic rings. The first-order valence-electron chi connectivity index (χ1n) is 7.58. The fourth-order valence-corrected chi connectivity index (χ4v) is 3.46. The lowest BCUT2D eigenvalue weighted by Gasteiger charge is -2.32. The summed E-state index contributed by atoms with van der Waals surface area (Å²) in [6.45, 7) is 3.25. The molecule has 2 unspecified atom stereocenters. The van der Waals surface area contributed by atoms with Crippen molar-refractivity contribution >= 4 is 0 Å². The lowest BCUT2D eigenvalue weighted by atomic mass is 9.75. The molecule has 1 saturated carbocycles. The Morgan fingerprint density at radius 1 is 1.21 bits per heavy atom. The number of hydrogen-bond acceptors (Lipinski definition) is 2. The van der Waals surface area contributed by atoms with Crippen LogP contribution in [0.15, 0.2) is 24.3 Å². The number of benzene rings is 1. The van der Waals surface area contributed by atoms with Gasteiger partial charge >= 0.3 is 0 Å². The predicted molar refractivity (Wildman–Crippen MR) is 76.1 cm³/mol. The van der Waals surface area contributed by atoms with Crippen LogP contribution >= 0.6 is 0 Å². The van der Waals surface area contributed by atoms with E-state index in [0.29, 0.717) is 5.92 Å². The maximum atomic E-state index is 9.95. The molecule has 1 aliphatic heterocycles. The molecule has 1 saturated heterocycles. The standard InChI is InChI=1S/C17H24O2/c1-2-13-3-5-14(6-4-13)11-17(12-18)9-10-19-16(17)15-7-8-15/h3-6,15-16,18H,2,7-12H2,1H3. The fourth-order valence-electron chi connectivity index (χ4n) is 3.46. The van der Waals surface area contributed by atoms with Gasteiger partial charge in [0, 0.05) is 12.0 Å². The second kappa shape index (κ2) is 5.26. The Bertz CT molecular complexity index is 421. The van der Waals surface area contributed by atoms with Crippen LogP contribution in [0, 0.1) is 11.3 Å². The molecule has 2 atom stereocenters. The molecule has 1 aliphatic carbocycles. The van der Waals surface area contributed by atoms with Crippen LogP contribution in [0.5, 0.6) is 0 Å². The molecule has 2 heteroatoms. The van der Waals surface area contributed by atoms with Gasteiger partial charge in [0.2, 0.25) is 0 Å². The maximum Gasteiger partial charge on any atom is 0.0685 e. The molecule has 1 aromatic carbocycles. The van der Waals surface area contributed by atoms with E-state index in [4.69, 9.17) is 4.74 Å². The normalized spacial score (nSPS) is 30.7. The van der Waals surface area contributed by atoms with Gasteiger partial charge in [-0.1, -0.05) is 31.2 Å². The SMILES string of the molecule is CCc1ccc(CC2(CO)CCOC2C2CC2)cc1. The topological polar surface area (TPSA) is 29.5 Å². The number of rotatable bonds is 5. The minimum Gasteiger partial charge on any atom is -0.396 e. The Balaban J connectivity index is 1.77. The first-order chi connectivity index (χ1) is 9.27. The summed E-state index contributed by atoms with van der Waals surface area (Å²) in [5, 5.41) is 9.95. The Kier molecular flexibility index (Phi) is 3.64. The lowest BCUT2D eigenvalue weighted by molar-refractivity contribution is 0.000585. The van der Waals surface area contributed by atoms with Gasteiger partial charge in [0.1, 0.15) is 0 Å². The van der Waals surface area contributed by atoms with Crippen molar-refractivity contribution in [1.29, 1.82) is 0 Å². The van der Waals surface area contributed by atoms with Crippen molar-refractivity contribution in [3.8, 4) is 0 Å². The molecule has 0 spiro atoms. The number of aryl methyl sites for hydroxylation is 1. The molecular formula is C17H24O2. The van der Waals surface area contributed by atoms with Gasteiger partial charge in [-0.15, -0.1) is 0 Å². The quantitative estimate of drug-likeness (QED) is 0.882. The number of aliphatic hydroxyl groups excluding tert-OH is 1. The summed E-state index contributed by atoms with van der Waals surface area (Å²) in [5.74, 6) is 0.699. The molecule has 2 nitrogen and oxygen atoms in total. The van der Waals surface area contributed by atoms with Gasteiger partial charge in [-0.2, -0.15) is 0 Å². The van der Waals surface area contributed by atoms with Gasteiger partial charge in [-0.25, -0.2) is 0 Å². The molecule has 0 bridgehead atoms. The summed E-state index contributed by atoms with van der Waals surface area (Å²) < 4.78 is 5.94. The highest BCUT2D eigenvalue weighted by Gasteiger charge is 2.50. The van der Waals surface area contributed by atoms with Crippen LogP contribution in [-0.4, -0.2) is 24.4 Å². The first kappa shape index (κ1) is 13.1. The van der Waals surface area contributed by atoms with Gasteiger partial charge in [-0.3, -0.25) is 0 Å². The fraction of sp³-hybridized carbons (Fsp3) is 0.647. The van der Waals surface area contributed by atoms with E-state index in [1.54, 1.807) is 0 Å². The van der Waals surface area contributed by atoms with Gasteiger partial charge in [0.15, 0.2) is 0 Å². The average molecular weight is 260 g/mol. The molecule has 1 heterocycles. The van der Waals surface area contributed by atoms with Crippen LogP contribution in [0.2, 0.25) is 0 Å². The molecule has 2 aliphatic rings. The number of aliphatic hydroxyl groups is 1. The summed E-state index contributed by atoms with van der Waals surface area (Å²) in [5.41, 5.74) is 2.68. The van der Waals surface area contributed by atoms with E-state index >= 15 is 0 Å². The second-order valence-corrected chi connectivity index (χ2v) is 6.25. The van der Waals surface area contributed by atoms with E-state index in [1.165, 1.54) is 24.0 Å². The van der Waals surface area contributed by atoms with E-state index < -0.39 is 0 Å². The third-order valence-corrected chi connectivity index (χ3v) is 4.85.